The molecule has 2 unspecified atom stereocenters. The molecule has 1 heterocycles. The van der Waals surface area contributed by atoms with Gasteiger partial charge in [0.2, 0.25) is 0 Å². The molecule has 1 aliphatic heterocycles. The molecule has 4 rings (SSSR count). The summed E-state index contributed by atoms with van der Waals surface area (Å²) in [6.45, 7) is 4.13. The van der Waals surface area contributed by atoms with Gasteiger partial charge in [-0.15, -0.1) is 17.0 Å². The second-order valence-electron chi connectivity index (χ2n) is 7.66. The van der Waals surface area contributed by atoms with Gasteiger partial charge in [0.15, 0.2) is 0 Å². The quantitative estimate of drug-likeness (QED) is 0.649. The van der Waals surface area contributed by atoms with Crippen molar-refractivity contribution < 1.29 is 9.50 Å². The molecule has 1 aromatic carbocycles. The fourth-order valence-corrected chi connectivity index (χ4v) is 4.34. The zero-order valence-electron chi connectivity index (χ0n) is 15.6. The fourth-order valence-electron chi connectivity index (χ4n) is 4.34. The third-order valence-corrected chi connectivity index (χ3v) is 5.92. The number of benzene rings is 1. The van der Waals surface area contributed by atoms with Gasteiger partial charge in [-0.3, -0.25) is 0 Å². The Morgan fingerprint density at radius 2 is 2.07 bits per heavy atom. The van der Waals surface area contributed by atoms with Crippen LogP contribution in [0.15, 0.2) is 66.4 Å². The molecule has 3 aliphatic rings. The highest BCUT2D eigenvalue weighted by molar-refractivity contribution is 8.93. The number of rotatable bonds is 5. The van der Waals surface area contributed by atoms with Gasteiger partial charge in [0, 0.05) is 24.1 Å². The van der Waals surface area contributed by atoms with Gasteiger partial charge in [0.25, 0.3) is 0 Å². The Labute approximate surface area is 171 Å². The molecule has 0 bridgehead atoms. The molecule has 1 fully saturated rings. The lowest BCUT2D eigenvalue weighted by Crippen LogP contribution is -2.37. The van der Waals surface area contributed by atoms with Gasteiger partial charge in [-0.05, 0) is 67.1 Å². The second-order valence-corrected chi connectivity index (χ2v) is 7.66. The Morgan fingerprint density at radius 1 is 1.26 bits per heavy atom. The first-order valence-corrected chi connectivity index (χ1v) is 9.61. The maximum Gasteiger partial charge on any atom is 0.123 e. The van der Waals surface area contributed by atoms with Crippen LogP contribution in [0.3, 0.4) is 0 Å². The molecule has 0 amide bonds. The molecule has 144 valence electrons. The summed E-state index contributed by atoms with van der Waals surface area (Å²) >= 11 is 0. The van der Waals surface area contributed by atoms with Crippen LogP contribution in [-0.4, -0.2) is 23.1 Å². The molecule has 0 saturated heterocycles. The molecule has 2 aliphatic carbocycles. The molecule has 0 radical (unpaired) electrons. The van der Waals surface area contributed by atoms with E-state index in [1.807, 2.05) is 6.08 Å². The number of nitrogens with zero attached hydrogens (tertiary/aromatic N) is 1. The summed E-state index contributed by atoms with van der Waals surface area (Å²) in [5.41, 5.74) is 1.26. The van der Waals surface area contributed by atoms with Crippen molar-refractivity contribution in [1.29, 1.82) is 0 Å². The molecular formula is C23H27BrFNO. The number of halogens is 2. The van der Waals surface area contributed by atoms with Crippen LogP contribution >= 0.6 is 17.0 Å². The van der Waals surface area contributed by atoms with Crippen LogP contribution in [0.25, 0.3) is 0 Å². The third-order valence-electron chi connectivity index (χ3n) is 5.92. The summed E-state index contributed by atoms with van der Waals surface area (Å²) in [7, 11) is 0. The van der Waals surface area contributed by atoms with Crippen molar-refractivity contribution in [2.45, 2.75) is 31.6 Å². The zero-order valence-corrected chi connectivity index (χ0v) is 17.4. The lowest BCUT2D eigenvalue weighted by molar-refractivity contribution is 0.373. The van der Waals surface area contributed by atoms with Gasteiger partial charge in [-0.1, -0.05) is 37.3 Å². The predicted octanol–water partition coefficient (Wildman–Crippen LogP) is 5.66. The molecular weight excluding hydrogens is 405 g/mol. The van der Waals surface area contributed by atoms with Crippen molar-refractivity contribution in [1.82, 2.24) is 4.90 Å². The molecule has 1 N–H and O–H groups in total. The van der Waals surface area contributed by atoms with Crippen molar-refractivity contribution in [3.05, 3.63) is 77.8 Å². The summed E-state index contributed by atoms with van der Waals surface area (Å²) in [4.78, 5) is 2.35. The number of hydrogen-bond donors (Lipinski definition) is 1. The Bertz CT molecular complexity index is 809. The van der Waals surface area contributed by atoms with Gasteiger partial charge < -0.3 is 10.0 Å². The van der Waals surface area contributed by atoms with E-state index in [2.05, 4.69) is 48.4 Å². The summed E-state index contributed by atoms with van der Waals surface area (Å²) in [6.07, 6.45) is 18.5. The Hall–Kier alpha value is -1.81. The average molecular weight is 432 g/mol. The lowest BCUT2D eigenvalue weighted by atomic mass is 9.62. The first-order valence-electron chi connectivity index (χ1n) is 9.61. The van der Waals surface area contributed by atoms with Gasteiger partial charge in [0.05, 0.1) is 0 Å². The maximum atomic E-state index is 14.1. The molecule has 1 aromatic rings. The minimum atomic E-state index is -0.530. The summed E-state index contributed by atoms with van der Waals surface area (Å²) in [6, 6.07) is 4.28. The number of phenolic OH excluding ortho intramolecular Hbond substituents is 1. The monoisotopic (exact) mass is 431 g/mol. The topological polar surface area (TPSA) is 23.5 Å². The molecule has 2 atom stereocenters. The van der Waals surface area contributed by atoms with Crippen LogP contribution < -0.4 is 0 Å². The van der Waals surface area contributed by atoms with Gasteiger partial charge >= 0.3 is 0 Å². The summed E-state index contributed by atoms with van der Waals surface area (Å²) in [5.74, 6) is 0.855. The highest BCUT2D eigenvalue weighted by Crippen LogP contribution is 2.49. The molecule has 0 spiro atoms. The van der Waals surface area contributed by atoms with Gasteiger partial charge in [0.1, 0.15) is 11.6 Å². The highest BCUT2D eigenvalue weighted by Gasteiger charge is 2.42. The van der Waals surface area contributed by atoms with Crippen molar-refractivity contribution in [2.75, 3.05) is 13.1 Å². The largest absolute Gasteiger partial charge is 0.508 e. The Balaban J connectivity index is 0.00000210. The van der Waals surface area contributed by atoms with E-state index in [1.165, 1.54) is 31.0 Å². The smallest absolute Gasteiger partial charge is 0.123 e. The first kappa shape index (κ1) is 19.9. The Morgan fingerprint density at radius 3 is 2.74 bits per heavy atom. The van der Waals surface area contributed by atoms with E-state index in [0.717, 1.165) is 31.0 Å². The minimum absolute atomic E-state index is 0. The van der Waals surface area contributed by atoms with Crippen molar-refractivity contribution >= 4 is 17.0 Å². The molecule has 27 heavy (non-hydrogen) atoms. The van der Waals surface area contributed by atoms with Crippen LogP contribution in [0, 0.1) is 17.7 Å². The van der Waals surface area contributed by atoms with Crippen molar-refractivity contribution in [3.63, 3.8) is 0 Å². The van der Waals surface area contributed by atoms with E-state index < -0.39 is 5.41 Å². The van der Waals surface area contributed by atoms with E-state index in [9.17, 15) is 9.50 Å². The van der Waals surface area contributed by atoms with Crippen LogP contribution in [-0.2, 0) is 5.41 Å². The van der Waals surface area contributed by atoms with E-state index in [4.69, 9.17) is 0 Å². The lowest BCUT2D eigenvalue weighted by Gasteiger charge is -2.42. The van der Waals surface area contributed by atoms with Crippen molar-refractivity contribution in [3.8, 4) is 5.75 Å². The van der Waals surface area contributed by atoms with Crippen LogP contribution in [0.2, 0.25) is 0 Å². The molecule has 4 heteroatoms. The van der Waals surface area contributed by atoms with E-state index in [1.54, 1.807) is 0 Å². The molecule has 2 nitrogen and oxygen atoms in total. The van der Waals surface area contributed by atoms with Gasteiger partial charge in [-0.2, -0.15) is 0 Å². The van der Waals surface area contributed by atoms with E-state index in [0.29, 0.717) is 5.56 Å². The number of phenols is 1. The van der Waals surface area contributed by atoms with Gasteiger partial charge in [-0.25, -0.2) is 4.39 Å². The second kappa shape index (κ2) is 8.05. The SMILES string of the molecule is Br.CCC1C=CC=CC1(C1=CCN(CC2CC2)C=C1)c1cc(F)ccc1O. The van der Waals surface area contributed by atoms with Crippen LogP contribution in [0.5, 0.6) is 5.75 Å². The maximum absolute atomic E-state index is 14.1. The van der Waals surface area contributed by atoms with Crippen LogP contribution in [0.4, 0.5) is 4.39 Å². The zero-order chi connectivity index (χ0) is 18.1. The Kier molecular flexibility index (Phi) is 5.95. The number of aromatic hydroxyl groups is 1. The summed E-state index contributed by atoms with van der Waals surface area (Å²) in [5, 5.41) is 10.6. The van der Waals surface area contributed by atoms with E-state index >= 15 is 0 Å². The third kappa shape index (κ3) is 3.77. The average Bonchev–Trinajstić information content (AvgIpc) is 3.48. The normalized spacial score (nSPS) is 26.7. The number of allylic oxidation sites excluding steroid dienone is 6. The highest BCUT2D eigenvalue weighted by atomic mass is 79.9. The molecule has 0 aromatic heterocycles. The predicted molar refractivity (Wildman–Crippen MR) is 114 cm³/mol. The first-order chi connectivity index (χ1) is 12.6. The molecule has 1 saturated carbocycles. The number of hydrogen-bond acceptors (Lipinski definition) is 2. The standard InChI is InChI=1S/C23H26FNO.BrH/c1-2-18-5-3-4-12-23(18,21-15-20(24)8-9-22(21)26)19-10-13-25(14-11-19)16-17-6-7-17;/h3-5,8-13,15,17-18,26H,2,6-7,14,16H2,1H3;1H. The van der Waals surface area contributed by atoms with Crippen LogP contribution in [0.1, 0.15) is 31.7 Å². The fraction of sp³-hybridized carbons (Fsp3) is 0.391. The van der Waals surface area contributed by atoms with E-state index in [-0.39, 0.29) is 34.5 Å². The summed E-state index contributed by atoms with van der Waals surface area (Å²) < 4.78 is 14.1. The van der Waals surface area contributed by atoms with Crippen molar-refractivity contribution in [2.24, 2.45) is 11.8 Å². The minimum Gasteiger partial charge on any atom is -0.508 e.